The van der Waals surface area contributed by atoms with Crippen LogP contribution in [0.1, 0.15) is 27.2 Å². The smallest absolute Gasteiger partial charge is 0.266 e. The Morgan fingerprint density at radius 3 is 2.62 bits per heavy atom. The van der Waals surface area contributed by atoms with E-state index in [4.69, 9.17) is 11.6 Å². The van der Waals surface area contributed by atoms with Gasteiger partial charge in [-0.3, -0.25) is 9.59 Å². The molecule has 7 nitrogen and oxygen atoms in total. The minimum atomic E-state index is -0.724. The summed E-state index contributed by atoms with van der Waals surface area (Å²) in [5.74, 6) is -1.22. The van der Waals surface area contributed by atoms with Gasteiger partial charge in [-0.2, -0.15) is 20.1 Å². The fourth-order valence-electron chi connectivity index (χ4n) is 2.50. The summed E-state index contributed by atoms with van der Waals surface area (Å²) in [5.41, 5.74) is 2.09. The zero-order chi connectivity index (χ0) is 21.0. The molecule has 29 heavy (non-hydrogen) atoms. The van der Waals surface area contributed by atoms with E-state index >= 15 is 0 Å². The summed E-state index contributed by atoms with van der Waals surface area (Å²) in [6, 6.07) is 13.6. The van der Waals surface area contributed by atoms with E-state index in [1.54, 1.807) is 30.3 Å². The van der Waals surface area contributed by atoms with Gasteiger partial charge in [-0.1, -0.05) is 29.8 Å². The van der Waals surface area contributed by atoms with Crippen molar-refractivity contribution in [1.82, 2.24) is 15.2 Å². The first kappa shape index (κ1) is 19.9. The molecule has 1 aromatic heterocycles. The van der Waals surface area contributed by atoms with E-state index in [-0.39, 0.29) is 22.5 Å². The largest absolute Gasteiger partial charge is 0.292 e. The number of carbonyl (C=O) groups is 1. The summed E-state index contributed by atoms with van der Waals surface area (Å²) in [6.07, 6.45) is 1.36. The number of hydrogen-bond acceptors (Lipinski definition) is 5. The molecule has 0 saturated heterocycles. The molecule has 144 valence electrons. The molecular weight excluding hydrogens is 397 g/mol. The molecule has 0 spiro atoms. The van der Waals surface area contributed by atoms with Crippen LogP contribution in [0.5, 0.6) is 0 Å². The molecule has 0 unspecified atom stereocenters. The van der Waals surface area contributed by atoms with Crippen molar-refractivity contribution < 1.29 is 9.18 Å². The molecule has 0 saturated carbocycles. The average Bonchev–Trinajstić information content (AvgIpc) is 2.71. The number of amides is 1. The van der Waals surface area contributed by atoms with Gasteiger partial charge in [0.1, 0.15) is 17.4 Å². The average molecular weight is 410 g/mol. The number of hydrogen-bond donors (Lipinski definition) is 1. The van der Waals surface area contributed by atoms with Crippen LogP contribution >= 0.6 is 11.6 Å². The second kappa shape index (κ2) is 8.46. The Morgan fingerprint density at radius 2 is 1.97 bits per heavy atom. The van der Waals surface area contributed by atoms with Crippen molar-refractivity contribution >= 4 is 23.7 Å². The third-order valence-electron chi connectivity index (χ3n) is 4.01. The van der Waals surface area contributed by atoms with Crippen LogP contribution in [0.25, 0.3) is 5.69 Å². The summed E-state index contributed by atoms with van der Waals surface area (Å²) in [6.45, 7) is 1.44. The standard InChI is InChI=1S/C20H13ClFN5O2/c1-12-16(10-23)20(29)27(15-8-6-14(22)7-9-15)26-18(12)19(28)25-24-11-13-4-2-3-5-17(13)21/h2-9,11H,1H3,(H,25,28)/b24-11+. The maximum absolute atomic E-state index is 13.2. The van der Waals surface area contributed by atoms with Crippen LogP contribution in [0.3, 0.4) is 0 Å². The maximum Gasteiger partial charge on any atom is 0.292 e. The molecule has 2 aromatic carbocycles. The lowest BCUT2D eigenvalue weighted by molar-refractivity contribution is 0.0947. The molecule has 0 aliphatic rings. The number of rotatable bonds is 4. The first-order valence-electron chi connectivity index (χ1n) is 8.30. The summed E-state index contributed by atoms with van der Waals surface area (Å²) in [4.78, 5) is 25.1. The molecule has 1 N–H and O–H groups in total. The number of aromatic nitrogens is 2. The first-order chi connectivity index (χ1) is 13.9. The second-order valence-corrected chi connectivity index (χ2v) is 6.28. The molecule has 3 aromatic rings. The van der Waals surface area contributed by atoms with E-state index < -0.39 is 17.3 Å². The number of carbonyl (C=O) groups excluding carboxylic acids is 1. The van der Waals surface area contributed by atoms with Crippen molar-refractivity contribution in [2.75, 3.05) is 0 Å². The summed E-state index contributed by atoms with van der Waals surface area (Å²) >= 11 is 6.02. The Balaban J connectivity index is 1.98. The van der Waals surface area contributed by atoms with Crippen molar-refractivity contribution in [3.05, 3.63) is 92.1 Å². The number of nitrogens with one attached hydrogen (secondary N) is 1. The third kappa shape index (κ3) is 4.20. The van der Waals surface area contributed by atoms with Gasteiger partial charge in [0.25, 0.3) is 11.5 Å². The van der Waals surface area contributed by atoms with Gasteiger partial charge in [0.2, 0.25) is 0 Å². The Kier molecular flexibility index (Phi) is 5.81. The molecule has 3 rings (SSSR count). The van der Waals surface area contributed by atoms with Crippen molar-refractivity contribution in [1.29, 1.82) is 5.26 Å². The fraction of sp³-hybridized carbons (Fsp3) is 0.0500. The predicted molar refractivity (Wildman–Crippen MR) is 106 cm³/mol. The van der Waals surface area contributed by atoms with Crippen LogP contribution in [0, 0.1) is 24.1 Å². The van der Waals surface area contributed by atoms with Gasteiger partial charge in [-0.15, -0.1) is 0 Å². The SMILES string of the molecule is Cc1c(C(=O)N/N=C/c2ccccc2Cl)nn(-c2ccc(F)cc2)c(=O)c1C#N. The van der Waals surface area contributed by atoms with Gasteiger partial charge < -0.3 is 0 Å². The molecule has 0 aliphatic heterocycles. The van der Waals surface area contributed by atoms with Crippen LogP contribution in [0.2, 0.25) is 5.02 Å². The lowest BCUT2D eigenvalue weighted by Gasteiger charge is -2.10. The van der Waals surface area contributed by atoms with Gasteiger partial charge in [0.15, 0.2) is 5.69 Å². The molecule has 9 heteroatoms. The number of nitrogens with zero attached hydrogens (tertiary/aromatic N) is 4. The Labute approximate surface area is 169 Å². The lowest BCUT2D eigenvalue weighted by Crippen LogP contribution is -2.31. The lowest BCUT2D eigenvalue weighted by atomic mass is 10.1. The van der Waals surface area contributed by atoms with Crippen molar-refractivity contribution in [3.8, 4) is 11.8 Å². The zero-order valence-electron chi connectivity index (χ0n) is 15.1. The van der Waals surface area contributed by atoms with Crippen molar-refractivity contribution in [2.45, 2.75) is 6.92 Å². The molecular formula is C20H13ClFN5O2. The molecule has 1 heterocycles. The van der Waals surface area contributed by atoms with E-state index in [9.17, 15) is 19.2 Å². The number of hydrazone groups is 1. The molecule has 0 aliphatic carbocycles. The Bertz CT molecular complexity index is 1210. The van der Waals surface area contributed by atoms with Crippen LogP contribution in [0.4, 0.5) is 4.39 Å². The van der Waals surface area contributed by atoms with E-state index in [0.717, 1.165) is 16.8 Å². The highest BCUT2D eigenvalue weighted by Crippen LogP contribution is 2.13. The summed E-state index contributed by atoms with van der Waals surface area (Å²) in [5, 5.41) is 17.7. The minimum Gasteiger partial charge on any atom is -0.266 e. The van der Waals surface area contributed by atoms with E-state index in [1.165, 1.54) is 25.3 Å². The minimum absolute atomic E-state index is 0.112. The number of halogens is 2. The quantitative estimate of drug-likeness (QED) is 0.528. The van der Waals surface area contributed by atoms with Gasteiger partial charge >= 0.3 is 0 Å². The highest BCUT2D eigenvalue weighted by atomic mass is 35.5. The molecule has 0 fully saturated rings. The van der Waals surface area contributed by atoms with E-state index in [0.29, 0.717) is 10.6 Å². The van der Waals surface area contributed by atoms with Gasteiger partial charge in [-0.25, -0.2) is 9.82 Å². The van der Waals surface area contributed by atoms with E-state index in [1.807, 2.05) is 0 Å². The Hall–Kier alpha value is -3.83. The monoisotopic (exact) mass is 409 g/mol. The summed E-state index contributed by atoms with van der Waals surface area (Å²) < 4.78 is 14.1. The van der Waals surface area contributed by atoms with Crippen LogP contribution in [-0.2, 0) is 0 Å². The third-order valence-corrected chi connectivity index (χ3v) is 4.35. The topological polar surface area (TPSA) is 100 Å². The van der Waals surface area contributed by atoms with Crippen LogP contribution in [0.15, 0.2) is 58.4 Å². The summed E-state index contributed by atoms with van der Waals surface area (Å²) in [7, 11) is 0. The van der Waals surface area contributed by atoms with Crippen LogP contribution in [-0.4, -0.2) is 21.9 Å². The molecule has 0 bridgehead atoms. The van der Waals surface area contributed by atoms with Crippen molar-refractivity contribution in [2.24, 2.45) is 5.10 Å². The highest BCUT2D eigenvalue weighted by Gasteiger charge is 2.20. The van der Waals surface area contributed by atoms with Gasteiger partial charge in [0.05, 0.1) is 11.9 Å². The molecule has 0 radical (unpaired) electrons. The highest BCUT2D eigenvalue weighted by molar-refractivity contribution is 6.33. The van der Waals surface area contributed by atoms with Crippen LogP contribution < -0.4 is 11.0 Å². The fourth-order valence-corrected chi connectivity index (χ4v) is 2.69. The maximum atomic E-state index is 13.2. The Morgan fingerprint density at radius 1 is 1.28 bits per heavy atom. The molecule has 0 atom stereocenters. The second-order valence-electron chi connectivity index (χ2n) is 5.87. The normalized spacial score (nSPS) is 10.7. The van der Waals surface area contributed by atoms with Crippen molar-refractivity contribution in [3.63, 3.8) is 0 Å². The number of benzene rings is 2. The van der Waals surface area contributed by atoms with Gasteiger partial charge in [0, 0.05) is 16.1 Å². The molecule has 1 amide bonds. The predicted octanol–water partition coefficient (Wildman–Crippen LogP) is 2.97. The van der Waals surface area contributed by atoms with E-state index in [2.05, 4.69) is 15.6 Å². The zero-order valence-corrected chi connectivity index (χ0v) is 15.8. The number of nitriles is 1. The first-order valence-corrected chi connectivity index (χ1v) is 8.68. The van der Waals surface area contributed by atoms with Gasteiger partial charge in [-0.05, 0) is 37.3 Å².